The summed E-state index contributed by atoms with van der Waals surface area (Å²) in [6, 6.07) is 3.53. The number of hydrogen-bond acceptors (Lipinski definition) is 5. The lowest BCUT2D eigenvalue weighted by molar-refractivity contribution is 0.369. The van der Waals surface area contributed by atoms with E-state index in [1.165, 1.54) is 0 Å². The van der Waals surface area contributed by atoms with Crippen LogP contribution in [0.5, 0.6) is 0 Å². The number of terminal acetylenes is 1. The van der Waals surface area contributed by atoms with Crippen molar-refractivity contribution < 1.29 is 8.94 Å². The average molecular weight is 203 g/mol. The number of rotatable bonds is 4. The van der Waals surface area contributed by atoms with Gasteiger partial charge in [-0.15, -0.1) is 6.42 Å². The van der Waals surface area contributed by atoms with Crippen molar-refractivity contribution in [2.45, 2.75) is 6.54 Å². The molecule has 0 atom stereocenters. The van der Waals surface area contributed by atoms with Gasteiger partial charge in [-0.05, 0) is 12.1 Å². The molecule has 0 fully saturated rings. The van der Waals surface area contributed by atoms with Crippen molar-refractivity contribution in [1.29, 1.82) is 0 Å². The zero-order valence-electron chi connectivity index (χ0n) is 7.93. The Labute approximate surface area is 86.5 Å². The van der Waals surface area contributed by atoms with E-state index in [4.69, 9.17) is 15.4 Å². The molecule has 0 aliphatic carbocycles. The summed E-state index contributed by atoms with van der Waals surface area (Å²) in [7, 11) is 0. The largest absolute Gasteiger partial charge is 0.461 e. The molecule has 5 heteroatoms. The van der Waals surface area contributed by atoms with E-state index in [0.29, 0.717) is 30.6 Å². The Morgan fingerprint density at radius 2 is 2.47 bits per heavy atom. The van der Waals surface area contributed by atoms with Crippen molar-refractivity contribution in [3.05, 3.63) is 24.3 Å². The maximum absolute atomic E-state index is 5.12. The SMILES string of the molecule is C#CCNCc1nc(-c2ccco2)no1. The number of furan rings is 1. The standard InChI is InChI=1S/C10H9N3O2/c1-2-5-11-7-9-12-10(13-15-9)8-4-3-6-14-8/h1,3-4,6,11H,5,7H2. The molecule has 0 aliphatic heterocycles. The summed E-state index contributed by atoms with van der Waals surface area (Å²) in [6.45, 7) is 0.927. The molecule has 0 saturated carbocycles. The summed E-state index contributed by atoms with van der Waals surface area (Å²) < 4.78 is 10.1. The van der Waals surface area contributed by atoms with Crippen molar-refractivity contribution in [1.82, 2.24) is 15.5 Å². The second-order valence-electron chi connectivity index (χ2n) is 2.80. The van der Waals surface area contributed by atoms with Gasteiger partial charge in [0.25, 0.3) is 0 Å². The third kappa shape index (κ3) is 2.24. The molecule has 2 aromatic heterocycles. The van der Waals surface area contributed by atoms with Gasteiger partial charge in [0.05, 0.1) is 19.4 Å². The van der Waals surface area contributed by atoms with E-state index in [9.17, 15) is 0 Å². The fourth-order valence-electron chi connectivity index (χ4n) is 1.07. The molecule has 15 heavy (non-hydrogen) atoms. The lowest BCUT2D eigenvalue weighted by atomic mass is 10.4. The van der Waals surface area contributed by atoms with Crippen molar-refractivity contribution in [3.8, 4) is 23.9 Å². The van der Waals surface area contributed by atoms with Crippen LogP contribution >= 0.6 is 0 Å². The Hall–Kier alpha value is -2.06. The van der Waals surface area contributed by atoms with Crippen molar-refractivity contribution >= 4 is 0 Å². The van der Waals surface area contributed by atoms with Crippen LogP contribution in [0.3, 0.4) is 0 Å². The molecule has 2 rings (SSSR count). The second kappa shape index (κ2) is 4.44. The Balaban J connectivity index is 2.02. The quantitative estimate of drug-likeness (QED) is 0.594. The predicted octanol–water partition coefficient (Wildman–Crippen LogP) is 1.05. The molecule has 0 aromatic carbocycles. The zero-order valence-corrected chi connectivity index (χ0v) is 7.93. The summed E-state index contributed by atoms with van der Waals surface area (Å²) in [4.78, 5) is 4.12. The van der Waals surface area contributed by atoms with Crippen LogP contribution in [0.15, 0.2) is 27.3 Å². The molecule has 5 nitrogen and oxygen atoms in total. The molecule has 76 valence electrons. The summed E-state index contributed by atoms with van der Waals surface area (Å²) >= 11 is 0. The Morgan fingerprint density at radius 1 is 1.53 bits per heavy atom. The molecule has 0 bridgehead atoms. The molecule has 0 amide bonds. The summed E-state index contributed by atoms with van der Waals surface area (Å²) in [5.74, 6) is 3.96. The number of nitrogens with one attached hydrogen (secondary N) is 1. The van der Waals surface area contributed by atoms with E-state index in [1.807, 2.05) is 0 Å². The highest BCUT2D eigenvalue weighted by Gasteiger charge is 2.09. The van der Waals surface area contributed by atoms with Gasteiger partial charge in [-0.2, -0.15) is 4.98 Å². The van der Waals surface area contributed by atoms with E-state index in [0.717, 1.165) is 0 Å². The van der Waals surface area contributed by atoms with E-state index < -0.39 is 0 Å². The molecule has 2 aromatic rings. The fraction of sp³-hybridized carbons (Fsp3) is 0.200. The minimum atomic E-state index is 0.442. The van der Waals surface area contributed by atoms with Crippen LogP contribution in [0.1, 0.15) is 5.89 Å². The Kier molecular flexibility index (Phi) is 2.81. The highest BCUT2D eigenvalue weighted by Crippen LogP contribution is 2.15. The first kappa shape index (κ1) is 9.49. The second-order valence-corrected chi connectivity index (χ2v) is 2.80. The Morgan fingerprint density at radius 3 is 3.20 bits per heavy atom. The van der Waals surface area contributed by atoms with Gasteiger partial charge >= 0.3 is 0 Å². The van der Waals surface area contributed by atoms with Crippen molar-refractivity contribution in [3.63, 3.8) is 0 Å². The van der Waals surface area contributed by atoms with Crippen LogP contribution < -0.4 is 5.32 Å². The van der Waals surface area contributed by atoms with Gasteiger partial charge in [0.1, 0.15) is 0 Å². The van der Waals surface area contributed by atoms with Crippen LogP contribution in [-0.2, 0) is 6.54 Å². The van der Waals surface area contributed by atoms with E-state index in [1.54, 1.807) is 18.4 Å². The van der Waals surface area contributed by atoms with Gasteiger partial charge < -0.3 is 8.94 Å². The predicted molar refractivity (Wildman–Crippen MR) is 52.5 cm³/mol. The normalized spacial score (nSPS) is 10.1. The van der Waals surface area contributed by atoms with Gasteiger partial charge in [-0.1, -0.05) is 11.1 Å². The van der Waals surface area contributed by atoms with Crippen LogP contribution in [0.4, 0.5) is 0 Å². The lowest BCUT2D eigenvalue weighted by Crippen LogP contribution is -2.13. The number of nitrogens with zero attached hydrogens (tertiary/aromatic N) is 2. The minimum absolute atomic E-state index is 0.442. The molecule has 0 aliphatic rings. The third-order valence-electron chi connectivity index (χ3n) is 1.71. The maximum atomic E-state index is 5.12. The van der Waals surface area contributed by atoms with Gasteiger partial charge in [-0.3, -0.25) is 5.32 Å². The molecule has 2 heterocycles. The fourth-order valence-corrected chi connectivity index (χ4v) is 1.07. The van der Waals surface area contributed by atoms with E-state index >= 15 is 0 Å². The summed E-state index contributed by atoms with van der Waals surface area (Å²) in [5.41, 5.74) is 0. The van der Waals surface area contributed by atoms with E-state index in [-0.39, 0.29) is 0 Å². The maximum Gasteiger partial charge on any atom is 0.241 e. The summed E-state index contributed by atoms with van der Waals surface area (Å²) in [6.07, 6.45) is 6.64. The molecular formula is C10H9N3O2. The molecular weight excluding hydrogens is 194 g/mol. The van der Waals surface area contributed by atoms with Crippen molar-refractivity contribution in [2.75, 3.05) is 6.54 Å². The van der Waals surface area contributed by atoms with Crippen LogP contribution in [0.2, 0.25) is 0 Å². The smallest absolute Gasteiger partial charge is 0.241 e. The summed E-state index contributed by atoms with van der Waals surface area (Å²) in [5, 5.41) is 6.71. The van der Waals surface area contributed by atoms with Crippen LogP contribution in [0.25, 0.3) is 11.6 Å². The van der Waals surface area contributed by atoms with Crippen LogP contribution in [-0.4, -0.2) is 16.7 Å². The highest BCUT2D eigenvalue weighted by atomic mass is 16.5. The topological polar surface area (TPSA) is 64.1 Å². The minimum Gasteiger partial charge on any atom is -0.461 e. The van der Waals surface area contributed by atoms with Crippen molar-refractivity contribution in [2.24, 2.45) is 0 Å². The lowest BCUT2D eigenvalue weighted by Gasteiger charge is -1.91. The van der Waals surface area contributed by atoms with Gasteiger partial charge in [0.2, 0.25) is 11.7 Å². The highest BCUT2D eigenvalue weighted by molar-refractivity contribution is 5.44. The van der Waals surface area contributed by atoms with E-state index in [2.05, 4.69) is 21.4 Å². The zero-order chi connectivity index (χ0) is 10.5. The molecule has 0 saturated heterocycles. The first-order chi connectivity index (χ1) is 7.40. The first-order valence-electron chi connectivity index (χ1n) is 4.41. The molecule has 1 N–H and O–H groups in total. The third-order valence-corrected chi connectivity index (χ3v) is 1.71. The van der Waals surface area contributed by atoms with Crippen LogP contribution in [0, 0.1) is 12.3 Å². The molecule has 0 radical (unpaired) electrons. The molecule has 0 spiro atoms. The van der Waals surface area contributed by atoms with Gasteiger partial charge in [0.15, 0.2) is 5.76 Å². The van der Waals surface area contributed by atoms with Gasteiger partial charge in [-0.25, -0.2) is 0 Å². The monoisotopic (exact) mass is 203 g/mol. The van der Waals surface area contributed by atoms with Gasteiger partial charge in [0, 0.05) is 0 Å². The number of aromatic nitrogens is 2. The Bertz CT molecular complexity index is 453. The average Bonchev–Trinajstić information content (AvgIpc) is 2.87. The first-order valence-corrected chi connectivity index (χ1v) is 4.41. The molecule has 0 unspecified atom stereocenters. The number of hydrogen-bond donors (Lipinski definition) is 1.